The van der Waals surface area contributed by atoms with Crippen LogP contribution < -0.4 is 11.1 Å². The van der Waals surface area contributed by atoms with E-state index in [-0.39, 0.29) is 18.0 Å². The molecular weight excluding hydrogens is 287 g/mol. The fraction of sp³-hybridized carbons (Fsp3) is 0.500. The third-order valence-electron chi connectivity index (χ3n) is 3.36. The van der Waals surface area contributed by atoms with Crippen molar-refractivity contribution in [3.05, 3.63) is 22.4 Å². The third kappa shape index (κ3) is 2.55. The molecule has 0 unspecified atom stereocenters. The molecule has 1 fully saturated rings. The molecule has 1 aliphatic carbocycles. The van der Waals surface area contributed by atoms with Gasteiger partial charge in [-0.05, 0) is 34.8 Å². The van der Waals surface area contributed by atoms with E-state index in [0.29, 0.717) is 15.8 Å². The monoisotopic (exact) mass is 302 g/mol. The summed E-state index contributed by atoms with van der Waals surface area (Å²) in [5, 5.41) is 12.8. The van der Waals surface area contributed by atoms with Crippen molar-refractivity contribution in [3.8, 4) is 0 Å². The van der Waals surface area contributed by atoms with Gasteiger partial charge in [0, 0.05) is 6.07 Å². The van der Waals surface area contributed by atoms with Crippen LogP contribution in [0.25, 0.3) is 0 Å². The predicted octanol–water partition coefficient (Wildman–Crippen LogP) is 2.89. The SMILES string of the molecule is Nc1cc(F)c(Br)cc1NC1(CO)CCCC1. The summed E-state index contributed by atoms with van der Waals surface area (Å²) >= 11 is 3.14. The Kier molecular flexibility index (Phi) is 3.58. The molecule has 0 aromatic heterocycles. The highest BCUT2D eigenvalue weighted by Crippen LogP contribution is 2.36. The molecule has 4 N–H and O–H groups in total. The first-order chi connectivity index (χ1) is 8.06. The number of aliphatic hydroxyl groups is 1. The Labute approximate surface area is 108 Å². The lowest BCUT2D eigenvalue weighted by atomic mass is 9.98. The van der Waals surface area contributed by atoms with Gasteiger partial charge in [0.25, 0.3) is 0 Å². The maximum absolute atomic E-state index is 13.2. The Bertz CT molecular complexity index is 419. The maximum atomic E-state index is 13.2. The molecule has 3 nitrogen and oxygen atoms in total. The van der Waals surface area contributed by atoms with Crippen molar-refractivity contribution < 1.29 is 9.50 Å². The van der Waals surface area contributed by atoms with Gasteiger partial charge >= 0.3 is 0 Å². The molecule has 0 aliphatic heterocycles. The summed E-state index contributed by atoms with van der Waals surface area (Å²) in [5.74, 6) is -0.377. The van der Waals surface area contributed by atoms with E-state index in [4.69, 9.17) is 5.73 Å². The molecule has 0 amide bonds. The van der Waals surface area contributed by atoms with Gasteiger partial charge in [0.2, 0.25) is 0 Å². The smallest absolute Gasteiger partial charge is 0.139 e. The summed E-state index contributed by atoms with van der Waals surface area (Å²) in [4.78, 5) is 0. The summed E-state index contributed by atoms with van der Waals surface area (Å²) in [7, 11) is 0. The van der Waals surface area contributed by atoms with Gasteiger partial charge in [0.05, 0.1) is 28.0 Å². The van der Waals surface area contributed by atoms with Crippen LogP contribution in [0.15, 0.2) is 16.6 Å². The molecule has 0 atom stereocenters. The van der Waals surface area contributed by atoms with Crippen LogP contribution in [0.1, 0.15) is 25.7 Å². The fourth-order valence-corrected chi connectivity index (χ4v) is 2.67. The van der Waals surface area contributed by atoms with Gasteiger partial charge in [-0.2, -0.15) is 0 Å². The van der Waals surface area contributed by atoms with E-state index in [0.717, 1.165) is 25.7 Å². The summed E-state index contributed by atoms with van der Waals surface area (Å²) in [6.07, 6.45) is 4.02. The first-order valence-electron chi connectivity index (χ1n) is 5.70. The van der Waals surface area contributed by atoms with E-state index in [1.807, 2.05) is 0 Å². The van der Waals surface area contributed by atoms with Crippen molar-refractivity contribution in [2.24, 2.45) is 0 Å². The number of nitrogens with one attached hydrogen (secondary N) is 1. The van der Waals surface area contributed by atoms with E-state index >= 15 is 0 Å². The highest BCUT2D eigenvalue weighted by Gasteiger charge is 2.33. The molecule has 0 spiro atoms. The van der Waals surface area contributed by atoms with Gasteiger partial charge in [-0.1, -0.05) is 12.8 Å². The number of nitrogen functional groups attached to an aromatic ring is 1. The van der Waals surface area contributed by atoms with Crippen molar-refractivity contribution in [3.63, 3.8) is 0 Å². The molecule has 1 aromatic rings. The Morgan fingerprint density at radius 1 is 1.41 bits per heavy atom. The van der Waals surface area contributed by atoms with Crippen molar-refractivity contribution in [1.82, 2.24) is 0 Å². The lowest BCUT2D eigenvalue weighted by Crippen LogP contribution is -2.39. The standard InChI is InChI=1S/C12H16BrFN2O/c13-8-5-11(10(15)6-9(8)14)16-12(7-17)3-1-2-4-12/h5-6,16-17H,1-4,7,15H2. The van der Waals surface area contributed by atoms with Gasteiger partial charge in [-0.3, -0.25) is 0 Å². The van der Waals surface area contributed by atoms with Gasteiger partial charge in [-0.25, -0.2) is 4.39 Å². The van der Waals surface area contributed by atoms with E-state index in [9.17, 15) is 9.50 Å². The molecule has 1 saturated carbocycles. The molecule has 1 aliphatic rings. The van der Waals surface area contributed by atoms with Crippen molar-refractivity contribution in [1.29, 1.82) is 0 Å². The van der Waals surface area contributed by atoms with E-state index in [2.05, 4.69) is 21.2 Å². The number of nitrogens with two attached hydrogens (primary N) is 1. The highest BCUT2D eigenvalue weighted by molar-refractivity contribution is 9.10. The number of anilines is 2. The second-order valence-corrected chi connectivity index (χ2v) is 5.48. The summed E-state index contributed by atoms with van der Waals surface area (Å²) in [5.41, 5.74) is 6.52. The topological polar surface area (TPSA) is 58.3 Å². The number of halogens is 2. The highest BCUT2D eigenvalue weighted by atomic mass is 79.9. The van der Waals surface area contributed by atoms with Crippen molar-refractivity contribution in [2.75, 3.05) is 17.7 Å². The lowest BCUT2D eigenvalue weighted by molar-refractivity contribution is 0.214. The molecule has 5 heteroatoms. The fourth-order valence-electron chi connectivity index (χ4n) is 2.33. The summed E-state index contributed by atoms with van der Waals surface area (Å²) in [6, 6.07) is 2.91. The molecule has 17 heavy (non-hydrogen) atoms. The van der Waals surface area contributed by atoms with Gasteiger partial charge < -0.3 is 16.2 Å². The van der Waals surface area contributed by atoms with Crippen LogP contribution in [0.4, 0.5) is 15.8 Å². The zero-order valence-corrected chi connectivity index (χ0v) is 11.1. The van der Waals surface area contributed by atoms with Gasteiger partial charge in [-0.15, -0.1) is 0 Å². The zero-order valence-electron chi connectivity index (χ0n) is 9.47. The van der Waals surface area contributed by atoms with E-state index in [1.54, 1.807) is 6.07 Å². The minimum absolute atomic E-state index is 0.0709. The maximum Gasteiger partial charge on any atom is 0.139 e. The predicted molar refractivity (Wildman–Crippen MR) is 70.4 cm³/mol. The molecular formula is C12H16BrFN2O. The quantitative estimate of drug-likeness (QED) is 0.753. The third-order valence-corrected chi connectivity index (χ3v) is 3.96. The molecule has 1 aromatic carbocycles. The van der Waals surface area contributed by atoms with E-state index < -0.39 is 0 Å². The summed E-state index contributed by atoms with van der Waals surface area (Å²) in [6.45, 7) is 0.0709. The number of benzene rings is 1. The largest absolute Gasteiger partial charge is 0.397 e. The summed E-state index contributed by atoms with van der Waals surface area (Å²) < 4.78 is 13.6. The molecule has 0 radical (unpaired) electrons. The van der Waals surface area contributed by atoms with Crippen LogP contribution in [-0.4, -0.2) is 17.3 Å². The Hall–Kier alpha value is -0.810. The second-order valence-electron chi connectivity index (χ2n) is 4.62. The molecule has 2 rings (SSSR count). The lowest BCUT2D eigenvalue weighted by Gasteiger charge is -2.30. The first kappa shape index (κ1) is 12.6. The Morgan fingerprint density at radius 2 is 2.06 bits per heavy atom. The average Bonchev–Trinajstić information content (AvgIpc) is 2.75. The Morgan fingerprint density at radius 3 is 2.65 bits per heavy atom. The van der Waals surface area contributed by atoms with Crippen LogP contribution in [0.3, 0.4) is 0 Å². The Balaban J connectivity index is 2.26. The minimum atomic E-state index is -0.377. The van der Waals surface area contributed by atoms with E-state index in [1.165, 1.54) is 6.07 Å². The molecule has 94 valence electrons. The number of hydrogen-bond acceptors (Lipinski definition) is 3. The average molecular weight is 303 g/mol. The van der Waals surface area contributed by atoms with Crippen LogP contribution >= 0.6 is 15.9 Å². The van der Waals surface area contributed by atoms with Crippen molar-refractivity contribution in [2.45, 2.75) is 31.2 Å². The van der Waals surface area contributed by atoms with Crippen molar-refractivity contribution >= 4 is 27.3 Å². The van der Waals surface area contributed by atoms with Crippen LogP contribution in [0.5, 0.6) is 0 Å². The zero-order chi connectivity index (χ0) is 12.5. The molecule has 0 heterocycles. The number of aliphatic hydroxyl groups excluding tert-OH is 1. The first-order valence-corrected chi connectivity index (χ1v) is 6.49. The minimum Gasteiger partial charge on any atom is -0.397 e. The molecule has 0 saturated heterocycles. The normalized spacial score (nSPS) is 18.3. The van der Waals surface area contributed by atoms with Crippen LogP contribution in [0, 0.1) is 5.82 Å². The van der Waals surface area contributed by atoms with Crippen LogP contribution in [0.2, 0.25) is 0 Å². The molecule has 0 bridgehead atoms. The van der Waals surface area contributed by atoms with Gasteiger partial charge in [0.1, 0.15) is 5.82 Å². The van der Waals surface area contributed by atoms with Gasteiger partial charge in [0.15, 0.2) is 0 Å². The second kappa shape index (κ2) is 4.82. The van der Waals surface area contributed by atoms with Crippen LogP contribution in [-0.2, 0) is 0 Å². The number of rotatable bonds is 3. The number of hydrogen-bond donors (Lipinski definition) is 3.